The summed E-state index contributed by atoms with van der Waals surface area (Å²) in [5.74, 6) is 0. The minimum absolute atomic E-state index is 0.154. The van der Waals surface area contributed by atoms with E-state index in [0.717, 1.165) is 24.9 Å². The van der Waals surface area contributed by atoms with Crippen molar-refractivity contribution in [2.24, 2.45) is 0 Å². The number of rotatable bonds is 2. The third kappa shape index (κ3) is 2.53. The smallest absolute Gasteiger partial charge is 0.0991 e. The van der Waals surface area contributed by atoms with Crippen LogP contribution >= 0.6 is 0 Å². The van der Waals surface area contributed by atoms with Crippen molar-refractivity contribution in [3.05, 3.63) is 29.8 Å². The molecule has 1 aliphatic rings. The number of aliphatic hydroxyl groups excluding tert-OH is 1. The molecule has 0 radical (unpaired) electrons. The Bertz CT molecular complexity index is 380. The first-order valence-electron chi connectivity index (χ1n) is 5.74. The Labute approximate surface area is 95.7 Å². The summed E-state index contributed by atoms with van der Waals surface area (Å²) < 4.78 is 0. The van der Waals surface area contributed by atoms with Gasteiger partial charge in [0.1, 0.15) is 0 Å². The Balaban J connectivity index is 2.00. The van der Waals surface area contributed by atoms with Gasteiger partial charge < -0.3 is 10.4 Å². The molecule has 1 fully saturated rings. The van der Waals surface area contributed by atoms with Crippen molar-refractivity contribution >= 4 is 5.69 Å². The molecule has 0 amide bonds. The van der Waals surface area contributed by atoms with E-state index < -0.39 is 0 Å². The van der Waals surface area contributed by atoms with E-state index in [-0.39, 0.29) is 12.1 Å². The van der Waals surface area contributed by atoms with Crippen LogP contribution in [0.2, 0.25) is 0 Å². The summed E-state index contributed by atoms with van der Waals surface area (Å²) in [7, 11) is 0. The molecule has 3 nitrogen and oxygen atoms in total. The van der Waals surface area contributed by atoms with E-state index in [2.05, 4.69) is 11.4 Å². The molecule has 0 bridgehead atoms. The van der Waals surface area contributed by atoms with Crippen molar-refractivity contribution in [2.75, 3.05) is 5.32 Å². The number of anilines is 1. The highest BCUT2D eigenvalue weighted by Crippen LogP contribution is 2.22. The first-order valence-corrected chi connectivity index (χ1v) is 5.74. The van der Waals surface area contributed by atoms with Gasteiger partial charge in [0, 0.05) is 5.69 Å². The van der Waals surface area contributed by atoms with Crippen molar-refractivity contribution in [3.8, 4) is 6.07 Å². The number of aliphatic hydroxyl groups is 1. The fourth-order valence-corrected chi connectivity index (χ4v) is 2.13. The van der Waals surface area contributed by atoms with Crippen LogP contribution in [0.3, 0.4) is 0 Å². The molecule has 0 aliphatic heterocycles. The van der Waals surface area contributed by atoms with E-state index in [1.54, 1.807) is 12.1 Å². The van der Waals surface area contributed by atoms with Gasteiger partial charge in [-0.25, -0.2) is 0 Å². The van der Waals surface area contributed by atoms with Crippen LogP contribution in [0.15, 0.2) is 24.3 Å². The number of nitrogens with one attached hydrogen (secondary N) is 1. The Morgan fingerprint density at radius 1 is 1.19 bits per heavy atom. The molecule has 2 rings (SSSR count). The first kappa shape index (κ1) is 11.0. The summed E-state index contributed by atoms with van der Waals surface area (Å²) in [5.41, 5.74) is 1.64. The summed E-state index contributed by atoms with van der Waals surface area (Å²) in [5, 5.41) is 21.8. The molecule has 1 aromatic rings. The van der Waals surface area contributed by atoms with E-state index >= 15 is 0 Å². The summed E-state index contributed by atoms with van der Waals surface area (Å²) in [6.45, 7) is 0. The van der Waals surface area contributed by atoms with Gasteiger partial charge in [-0.15, -0.1) is 0 Å². The van der Waals surface area contributed by atoms with Gasteiger partial charge in [0.05, 0.1) is 23.8 Å². The summed E-state index contributed by atoms with van der Waals surface area (Å²) in [4.78, 5) is 0. The molecule has 0 spiro atoms. The summed E-state index contributed by atoms with van der Waals surface area (Å²) >= 11 is 0. The maximum Gasteiger partial charge on any atom is 0.0991 e. The van der Waals surface area contributed by atoms with E-state index in [1.807, 2.05) is 12.1 Å². The van der Waals surface area contributed by atoms with E-state index in [9.17, 15) is 5.11 Å². The van der Waals surface area contributed by atoms with Gasteiger partial charge >= 0.3 is 0 Å². The van der Waals surface area contributed by atoms with Crippen LogP contribution in [-0.4, -0.2) is 17.3 Å². The topological polar surface area (TPSA) is 56.0 Å². The van der Waals surface area contributed by atoms with E-state index in [4.69, 9.17) is 5.26 Å². The second kappa shape index (κ2) is 5.00. The maximum atomic E-state index is 9.82. The number of benzene rings is 1. The van der Waals surface area contributed by atoms with Crippen LogP contribution in [0.1, 0.15) is 31.2 Å². The van der Waals surface area contributed by atoms with Crippen molar-refractivity contribution < 1.29 is 5.11 Å². The van der Waals surface area contributed by atoms with Crippen LogP contribution in [-0.2, 0) is 0 Å². The minimum Gasteiger partial charge on any atom is -0.391 e. The molecular weight excluding hydrogens is 200 g/mol. The Hall–Kier alpha value is -1.53. The third-order valence-corrected chi connectivity index (χ3v) is 3.10. The molecular formula is C13H16N2O. The number of nitriles is 1. The quantitative estimate of drug-likeness (QED) is 0.797. The van der Waals surface area contributed by atoms with Gasteiger partial charge in [-0.2, -0.15) is 5.26 Å². The standard InChI is InChI=1S/C13H16N2O/c14-9-10-5-7-11(8-6-10)15-12-3-1-2-4-13(12)16/h5-8,12-13,15-16H,1-4H2. The van der Waals surface area contributed by atoms with Gasteiger partial charge in [0.2, 0.25) is 0 Å². The average molecular weight is 216 g/mol. The van der Waals surface area contributed by atoms with Gasteiger partial charge in [-0.05, 0) is 37.1 Å². The van der Waals surface area contributed by atoms with E-state index in [0.29, 0.717) is 5.56 Å². The zero-order valence-corrected chi connectivity index (χ0v) is 9.19. The van der Waals surface area contributed by atoms with Crippen molar-refractivity contribution in [2.45, 2.75) is 37.8 Å². The predicted octanol–water partition coefficient (Wildman–Crippen LogP) is 2.27. The van der Waals surface area contributed by atoms with Crippen molar-refractivity contribution in [3.63, 3.8) is 0 Å². The largest absolute Gasteiger partial charge is 0.391 e. The van der Waals surface area contributed by atoms with Crippen LogP contribution in [0.4, 0.5) is 5.69 Å². The highest BCUT2D eigenvalue weighted by atomic mass is 16.3. The molecule has 1 aromatic carbocycles. The third-order valence-electron chi connectivity index (χ3n) is 3.10. The first-order chi connectivity index (χ1) is 7.79. The zero-order chi connectivity index (χ0) is 11.4. The molecule has 3 heteroatoms. The molecule has 1 saturated carbocycles. The number of hydrogen-bond donors (Lipinski definition) is 2. The minimum atomic E-state index is -0.246. The predicted molar refractivity (Wildman–Crippen MR) is 63.0 cm³/mol. The van der Waals surface area contributed by atoms with E-state index in [1.165, 1.54) is 6.42 Å². The van der Waals surface area contributed by atoms with Crippen molar-refractivity contribution in [1.82, 2.24) is 0 Å². The number of hydrogen-bond acceptors (Lipinski definition) is 3. The Kier molecular flexibility index (Phi) is 3.43. The molecule has 2 atom stereocenters. The average Bonchev–Trinajstić information content (AvgIpc) is 2.33. The molecule has 0 heterocycles. The number of nitrogens with zero attached hydrogens (tertiary/aromatic N) is 1. The molecule has 16 heavy (non-hydrogen) atoms. The molecule has 2 unspecified atom stereocenters. The lowest BCUT2D eigenvalue weighted by molar-refractivity contribution is 0.116. The molecule has 1 aliphatic carbocycles. The molecule has 0 aromatic heterocycles. The molecule has 2 N–H and O–H groups in total. The summed E-state index contributed by atoms with van der Waals surface area (Å²) in [6, 6.07) is 9.60. The second-order valence-electron chi connectivity index (χ2n) is 4.29. The van der Waals surface area contributed by atoms with Crippen LogP contribution < -0.4 is 5.32 Å². The second-order valence-corrected chi connectivity index (χ2v) is 4.29. The highest BCUT2D eigenvalue weighted by molar-refractivity contribution is 5.48. The summed E-state index contributed by atoms with van der Waals surface area (Å²) in [6.07, 6.45) is 3.94. The Morgan fingerprint density at radius 3 is 2.50 bits per heavy atom. The van der Waals surface area contributed by atoms with Gasteiger partial charge in [-0.1, -0.05) is 12.8 Å². The molecule has 84 valence electrons. The fraction of sp³-hybridized carbons (Fsp3) is 0.462. The normalized spacial score (nSPS) is 24.8. The van der Waals surface area contributed by atoms with Crippen molar-refractivity contribution in [1.29, 1.82) is 5.26 Å². The lowest BCUT2D eigenvalue weighted by Gasteiger charge is -2.29. The lowest BCUT2D eigenvalue weighted by atomic mass is 9.92. The monoisotopic (exact) mass is 216 g/mol. The van der Waals surface area contributed by atoms with Gasteiger partial charge in [0.15, 0.2) is 0 Å². The highest BCUT2D eigenvalue weighted by Gasteiger charge is 2.22. The van der Waals surface area contributed by atoms with Crippen LogP contribution in [0.5, 0.6) is 0 Å². The zero-order valence-electron chi connectivity index (χ0n) is 9.19. The van der Waals surface area contributed by atoms with Crippen LogP contribution in [0, 0.1) is 11.3 Å². The van der Waals surface area contributed by atoms with Gasteiger partial charge in [-0.3, -0.25) is 0 Å². The lowest BCUT2D eigenvalue weighted by Crippen LogP contribution is -2.36. The molecule has 0 saturated heterocycles. The SMILES string of the molecule is N#Cc1ccc(NC2CCCCC2O)cc1. The Morgan fingerprint density at radius 2 is 1.88 bits per heavy atom. The fourth-order valence-electron chi connectivity index (χ4n) is 2.13. The van der Waals surface area contributed by atoms with Crippen LogP contribution in [0.25, 0.3) is 0 Å². The maximum absolute atomic E-state index is 9.82. The van der Waals surface area contributed by atoms with Gasteiger partial charge in [0.25, 0.3) is 0 Å².